The number of hydrogen-bond donors (Lipinski definition) is 0. The predicted molar refractivity (Wildman–Crippen MR) is 130 cm³/mol. The number of ether oxygens (including phenoxy) is 8. The first-order valence-corrected chi connectivity index (χ1v) is 13.6. The van der Waals surface area contributed by atoms with Crippen LogP contribution in [0.25, 0.3) is 0 Å². The number of carbonyl (C=O) groups is 1. The average molecular weight is 515 g/mol. The standard InChI is InChI=1S/C27H46O9/c1-17(2)19-8-7-18(3)14-27(19)35-25(28)24-22-20(33-15-31-11-9-29-5)13-21(23(22)26(24,4)36-27)34-16-32-12-10-30-6/h17-24H,7-16H2,1-6H3. The summed E-state index contributed by atoms with van der Waals surface area (Å²) >= 11 is 0. The van der Waals surface area contributed by atoms with Crippen LogP contribution >= 0.6 is 0 Å². The van der Waals surface area contributed by atoms with E-state index < -0.39 is 11.4 Å². The minimum Gasteiger partial charge on any atom is -0.432 e. The Kier molecular flexibility index (Phi) is 9.35. The first kappa shape index (κ1) is 28.2. The second-order valence-electron chi connectivity index (χ2n) is 11.5. The molecule has 0 N–H and O–H groups in total. The fourth-order valence-corrected chi connectivity index (χ4v) is 7.33. The highest BCUT2D eigenvalue weighted by Gasteiger charge is 2.76. The van der Waals surface area contributed by atoms with Gasteiger partial charge in [0.15, 0.2) is 0 Å². The molecule has 4 aliphatic rings. The third-order valence-corrected chi connectivity index (χ3v) is 8.86. The third kappa shape index (κ3) is 5.35. The molecule has 1 saturated heterocycles. The summed E-state index contributed by atoms with van der Waals surface area (Å²) in [5, 5.41) is 0. The summed E-state index contributed by atoms with van der Waals surface area (Å²) in [6, 6.07) is 0. The van der Waals surface area contributed by atoms with Crippen LogP contribution in [0.3, 0.4) is 0 Å². The van der Waals surface area contributed by atoms with E-state index in [1.165, 1.54) is 0 Å². The lowest BCUT2D eigenvalue weighted by Gasteiger charge is -2.65. The summed E-state index contributed by atoms with van der Waals surface area (Å²) in [7, 11) is 3.28. The molecule has 4 rings (SSSR count). The van der Waals surface area contributed by atoms with Gasteiger partial charge in [0.2, 0.25) is 5.79 Å². The van der Waals surface area contributed by atoms with Crippen molar-refractivity contribution in [3.05, 3.63) is 0 Å². The van der Waals surface area contributed by atoms with Crippen molar-refractivity contribution in [1.29, 1.82) is 0 Å². The van der Waals surface area contributed by atoms with Gasteiger partial charge in [0.25, 0.3) is 0 Å². The maximum absolute atomic E-state index is 13.7. The van der Waals surface area contributed by atoms with Gasteiger partial charge in [-0.2, -0.15) is 0 Å². The average Bonchev–Trinajstić information content (AvgIpc) is 3.12. The SMILES string of the molecule is COCCOCOC1CC(OCOCCOC)C2C1C1C(=O)OC3(CC(C)CCC3C(C)C)OC12C. The zero-order valence-electron chi connectivity index (χ0n) is 22.9. The Hall–Kier alpha value is -0.810. The Labute approximate surface area is 215 Å². The van der Waals surface area contributed by atoms with E-state index in [0.29, 0.717) is 44.7 Å². The highest BCUT2D eigenvalue weighted by Crippen LogP contribution is 2.66. The number of rotatable bonds is 13. The molecule has 0 bridgehead atoms. The van der Waals surface area contributed by atoms with E-state index in [1.54, 1.807) is 14.2 Å². The highest BCUT2D eigenvalue weighted by atomic mass is 16.7. The number of carbonyl (C=O) groups excluding carboxylic acids is 1. The van der Waals surface area contributed by atoms with Crippen LogP contribution in [0, 0.1) is 35.5 Å². The number of fused-ring (bicyclic) bond motifs is 4. The number of esters is 1. The molecule has 36 heavy (non-hydrogen) atoms. The van der Waals surface area contributed by atoms with E-state index in [9.17, 15) is 4.79 Å². The maximum atomic E-state index is 13.7. The molecule has 0 amide bonds. The van der Waals surface area contributed by atoms with E-state index >= 15 is 0 Å². The summed E-state index contributed by atoms with van der Waals surface area (Å²) < 4.78 is 46.9. The van der Waals surface area contributed by atoms with E-state index in [2.05, 4.69) is 27.7 Å². The molecule has 9 unspecified atom stereocenters. The Morgan fingerprint density at radius 2 is 1.61 bits per heavy atom. The van der Waals surface area contributed by atoms with Crippen LogP contribution in [0.4, 0.5) is 0 Å². The molecule has 3 aliphatic carbocycles. The second kappa shape index (κ2) is 11.9. The van der Waals surface area contributed by atoms with Crippen molar-refractivity contribution in [1.82, 2.24) is 0 Å². The molecule has 9 heteroatoms. The molecular weight excluding hydrogens is 468 g/mol. The van der Waals surface area contributed by atoms with E-state index in [1.807, 2.05) is 0 Å². The van der Waals surface area contributed by atoms with E-state index in [4.69, 9.17) is 37.9 Å². The van der Waals surface area contributed by atoms with Crippen molar-refractivity contribution < 1.29 is 42.7 Å². The molecule has 1 aliphatic heterocycles. The largest absolute Gasteiger partial charge is 0.432 e. The Bertz CT molecular complexity index is 732. The first-order chi connectivity index (χ1) is 17.3. The van der Waals surface area contributed by atoms with Gasteiger partial charge in [-0.1, -0.05) is 20.8 Å². The number of hydrogen-bond acceptors (Lipinski definition) is 9. The van der Waals surface area contributed by atoms with Gasteiger partial charge in [-0.15, -0.1) is 0 Å². The van der Waals surface area contributed by atoms with Gasteiger partial charge < -0.3 is 37.9 Å². The van der Waals surface area contributed by atoms with Crippen molar-refractivity contribution in [3.63, 3.8) is 0 Å². The fourth-order valence-electron chi connectivity index (χ4n) is 7.33. The van der Waals surface area contributed by atoms with Gasteiger partial charge in [0.1, 0.15) is 13.6 Å². The van der Waals surface area contributed by atoms with Gasteiger partial charge in [-0.25, -0.2) is 0 Å². The molecule has 0 radical (unpaired) electrons. The zero-order valence-corrected chi connectivity index (χ0v) is 22.9. The van der Waals surface area contributed by atoms with E-state index in [0.717, 1.165) is 19.3 Å². The van der Waals surface area contributed by atoms with Crippen molar-refractivity contribution in [2.75, 3.05) is 54.2 Å². The molecule has 1 heterocycles. The third-order valence-electron chi connectivity index (χ3n) is 8.86. The number of methoxy groups -OCH3 is 2. The lowest BCUT2D eigenvalue weighted by Crippen LogP contribution is -2.75. The minimum absolute atomic E-state index is 0.00673. The lowest BCUT2D eigenvalue weighted by molar-refractivity contribution is -0.402. The Morgan fingerprint density at radius 1 is 0.972 bits per heavy atom. The van der Waals surface area contributed by atoms with Crippen molar-refractivity contribution in [3.8, 4) is 0 Å². The molecule has 0 aromatic heterocycles. The van der Waals surface area contributed by atoms with Crippen molar-refractivity contribution in [2.45, 2.75) is 77.0 Å². The van der Waals surface area contributed by atoms with Crippen LogP contribution < -0.4 is 0 Å². The monoisotopic (exact) mass is 514 g/mol. The summed E-state index contributed by atoms with van der Waals surface area (Å²) in [6.45, 7) is 10.9. The van der Waals surface area contributed by atoms with Crippen molar-refractivity contribution in [2.24, 2.45) is 35.5 Å². The lowest BCUT2D eigenvalue weighted by atomic mass is 9.53. The quantitative estimate of drug-likeness (QED) is 0.208. The Morgan fingerprint density at radius 3 is 2.22 bits per heavy atom. The summed E-state index contributed by atoms with van der Waals surface area (Å²) in [5.41, 5.74) is -0.670. The second-order valence-corrected chi connectivity index (χ2v) is 11.5. The molecule has 0 aromatic carbocycles. The smallest absolute Gasteiger partial charge is 0.314 e. The van der Waals surface area contributed by atoms with Crippen LogP contribution in [-0.2, 0) is 42.7 Å². The molecule has 0 aromatic rings. The van der Waals surface area contributed by atoms with E-state index in [-0.39, 0.29) is 55.4 Å². The van der Waals surface area contributed by atoms with Crippen molar-refractivity contribution >= 4 is 5.97 Å². The Balaban J connectivity index is 1.51. The molecule has 4 fully saturated rings. The van der Waals surface area contributed by atoms with Gasteiger partial charge in [-0.05, 0) is 31.6 Å². The van der Waals surface area contributed by atoms with Crippen LogP contribution in [0.1, 0.15) is 53.4 Å². The molecule has 9 nitrogen and oxygen atoms in total. The van der Waals surface area contributed by atoms with Crippen LogP contribution in [0.5, 0.6) is 0 Å². The maximum Gasteiger partial charge on any atom is 0.314 e. The van der Waals surface area contributed by atoms with Crippen LogP contribution in [-0.4, -0.2) is 83.8 Å². The molecule has 208 valence electrons. The fraction of sp³-hybridized carbons (Fsp3) is 0.963. The molecule has 3 saturated carbocycles. The molecule has 1 spiro atoms. The first-order valence-electron chi connectivity index (χ1n) is 13.6. The van der Waals surface area contributed by atoms with Gasteiger partial charge in [0, 0.05) is 44.8 Å². The summed E-state index contributed by atoms with van der Waals surface area (Å²) in [6.07, 6.45) is 3.18. The van der Waals surface area contributed by atoms with Gasteiger partial charge in [0.05, 0.1) is 50.2 Å². The minimum atomic E-state index is -0.874. The molecular formula is C27H46O9. The highest BCUT2D eigenvalue weighted by molar-refractivity contribution is 5.78. The zero-order chi connectivity index (χ0) is 25.9. The summed E-state index contributed by atoms with van der Waals surface area (Å²) in [5.74, 6) is -0.489. The van der Waals surface area contributed by atoms with Gasteiger partial charge in [-0.3, -0.25) is 4.79 Å². The van der Waals surface area contributed by atoms with Gasteiger partial charge >= 0.3 is 5.97 Å². The molecule has 9 atom stereocenters. The summed E-state index contributed by atoms with van der Waals surface area (Å²) in [4.78, 5) is 13.7. The van der Waals surface area contributed by atoms with Crippen LogP contribution in [0.2, 0.25) is 0 Å². The normalized spacial score (nSPS) is 41.8. The predicted octanol–water partition coefficient (Wildman–Crippen LogP) is 3.38. The van der Waals surface area contributed by atoms with Crippen LogP contribution in [0.15, 0.2) is 0 Å². The topological polar surface area (TPSA) is 90.9 Å².